The molecule has 1 saturated carbocycles. The van der Waals surface area contributed by atoms with Crippen LogP contribution in [-0.4, -0.2) is 35.7 Å². The lowest BCUT2D eigenvalue weighted by Crippen LogP contribution is -2.35. The molecule has 1 fully saturated rings. The van der Waals surface area contributed by atoms with Crippen molar-refractivity contribution in [3.63, 3.8) is 0 Å². The van der Waals surface area contributed by atoms with Gasteiger partial charge >= 0.3 is 0 Å². The van der Waals surface area contributed by atoms with Gasteiger partial charge in [-0.05, 0) is 38.9 Å². The van der Waals surface area contributed by atoms with Gasteiger partial charge in [-0.15, -0.1) is 12.4 Å². The largest absolute Gasteiger partial charge is 0.339 e. The van der Waals surface area contributed by atoms with Crippen molar-refractivity contribution >= 4 is 12.4 Å². The molecule has 2 N–H and O–H groups in total. The van der Waals surface area contributed by atoms with Crippen LogP contribution in [0.5, 0.6) is 0 Å². The summed E-state index contributed by atoms with van der Waals surface area (Å²) in [6.45, 7) is 1.44. The normalized spacial score (nSPS) is 18.3. The third-order valence-electron chi connectivity index (χ3n) is 3.84. The predicted octanol–water partition coefficient (Wildman–Crippen LogP) is 2.00. The van der Waals surface area contributed by atoms with Crippen molar-refractivity contribution in [1.82, 2.24) is 15.0 Å². The van der Waals surface area contributed by atoms with E-state index in [0.717, 1.165) is 31.2 Å². The summed E-state index contributed by atoms with van der Waals surface area (Å²) in [4.78, 5) is 6.50. The molecule has 0 unspecified atom stereocenters. The molecule has 110 valence electrons. The van der Waals surface area contributed by atoms with E-state index in [2.05, 4.69) is 10.1 Å². The van der Waals surface area contributed by atoms with E-state index >= 15 is 0 Å². The third kappa shape index (κ3) is 4.44. The standard InChI is InChI=1S/C13H24N4O.ClH/c1-17(2)9-11-15-12(18-16-11)8-13(10-14)6-4-3-5-7-13;/h3-10,14H2,1-2H3;1H. The Bertz CT molecular complexity index is 374. The Balaban J connectivity index is 0.00000180. The molecule has 1 heterocycles. The summed E-state index contributed by atoms with van der Waals surface area (Å²) in [5.74, 6) is 1.51. The van der Waals surface area contributed by atoms with E-state index in [1.165, 1.54) is 32.1 Å². The minimum Gasteiger partial charge on any atom is -0.339 e. The fourth-order valence-corrected chi connectivity index (χ4v) is 2.78. The minimum absolute atomic E-state index is 0. The smallest absolute Gasteiger partial charge is 0.227 e. The van der Waals surface area contributed by atoms with Gasteiger partial charge in [-0.2, -0.15) is 4.98 Å². The zero-order valence-corrected chi connectivity index (χ0v) is 12.7. The van der Waals surface area contributed by atoms with Crippen LogP contribution in [0.1, 0.15) is 43.8 Å². The summed E-state index contributed by atoms with van der Waals surface area (Å²) in [7, 11) is 4.00. The van der Waals surface area contributed by atoms with Gasteiger partial charge in [0.15, 0.2) is 5.82 Å². The van der Waals surface area contributed by atoms with Crippen molar-refractivity contribution in [2.75, 3.05) is 20.6 Å². The number of halogens is 1. The second-order valence-electron chi connectivity index (χ2n) is 5.78. The maximum absolute atomic E-state index is 5.98. The molecule has 0 spiro atoms. The van der Waals surface area contributed by atoms with Gasteiger partial charge in [0.1, 0.15) is 0 Å². The zero-order chi connectivity index (χ0) is 13.0. The molecule has 19 heavy (non-hydrogen) atoms. The molecule has 1 aliphatic rings. The number of rotatable bonds is 5. The van der Waals surface area contributed by atoms with Crippen LogP contribution in [-0.2, 0) is 13.0 Å². The SMILES string of the molecule is CN(C)Cc1noc(CC2(CN)CCCCC2)n1.Cl. The van der Waals surface area contributed by atoms with Gasteiger partial charge in [-0.25, -0.2) is 0 Å². The molecular weight excluding hydrogens is 264 g/mol. The van der Waals surface area contributed by atoms with Gasteiger partial charge in [0.25, 0.3) is 0 Å². The zero-order valence-electron chi connectivity index (χ0n) is 11.9. The first-order chi connectivity index (χ1) is 8.63. The highest BCUT2D eigenvalue weighted by atomic mass is 35.5. The molecule has 0 aliphatic heterocycles. The average Bonchev–Trinajstić information content (AvgIpc) is 2.76. The molecule has 0 atom stereocenters. The maximum Gasteiger partial charge on any atom is 0.227 e. The maximum atomic E-state index is 5.98. The monoisotopic (exact) mass is 288 g/mol. The molecule has 5 nitrogen and oxygen atoms in total. The van der Waals surface area contributed by atoms with E-state index in [9.17, 15) is 0 Å². The molecular formula is C13H25ClN4O. The molecule has 0 aromatic carbocycles. The topological polar surface area (TPSA) is 68.2 Å². The lowest BCUT2D eigenvalue weighted by Gasteiger charge is -2.34. The van der Waals surface area contributed by atoms with E-state index in [1.54, 1.807) is 0 Å². The first-order valence-corrected chi connectivity index (χ1v) is 6.80. The van der Waals surface area contributed by atoms with Gasteiger partial charge in [-0.1, -0.05) is 24.4 Å². The van der Waals surface area contributed by atoms with Crippen molar-refractivity contribution in [3.8, 4) is 0 Å². The Labute approximate surface area is 121 Å². The number of nitrogens with zero attached hydrogens (tertiary/aromatic N) is 3. The van der Waals surface area contributed by atoms with Crippen molar-refractivity contribution < 1.29 is 4.52 Å². The highest BCUT2D eigenvalue weighted by Crippen LogP contribution is 2.37. The first kappa shape index (κ1) is 16.4. The van der Waals surface area contributed by atoms with Gasteiger partial charge < -0.3 is 15.2 Å². The third-order valence-corrected chi connectivity index (χ3v) is 3.84. The van der Waals surface area contributed by atoms with E-state index in [0.29, 0.717) is 0 Å². The second-order valence-corrected chi connectivity index (χ2v) is 5.78. The van der Waals surface area contributed by atoms with Gasteiger partial charge in [0.2, 0.25) is 5.89 Å². The van der Waals surface area contributed by atoms with Crippen LogP contribution in [0, 0.1) is 5.41 Å². The number of nitrogens with two attached hydrogens (primary N) is 1. The highest BCUT2D eigenvalue weighted by molar-refractivity contribution is 5.85. The minimum atomic E-state index is 0. The van der Waals surface area contributed by atoms with Crippen LogP contribution in [0.4, 0.5) is 0 Å². The summed E-state index contributed by atoms with van der Waals surface area (Å²) in [6.07, 6.45) is 7.09. The van der Waals surface area contributed by atoms with E-state index in [4.69, 9.17) is 10.3 Å². The number of hydrogen-bond acceptors (Lipinski definition) is 5. The van der Waals surface area contributed by atoms with Crippen LogP contribution in [0.15, 0.2) is 4.52 Å². The Morgan fingerprint density at radius 1 is 1.26 bits per heavy atom. The lowest BCUT2D eigenvalue weighted by molar-refractivity contribution is 0.177. The molecule has 0 saturated heterocycles. The van der Waals surface area contributed by atoms with Gasteiger partial charge in [-0.3, -0.25) is 0 Å². The van der Waals surface area contributed by atoms with Crippen molar-refractivity contribution in [3.05, 3.63) is 11.7 Å². The van der Waals surface area contributed by atoms with Crippen molar-refractivity contribution in [2.24, 2.45) is 11.1 Å². The summed E-state index contributed by atoms with van der Waals surface area (Å²) < 4.78 is 5.35. The Hall–Kier alpha value is -0.650. The lowest BCUT2D eigenvalue weighted by atomic mass is 9.72. The fraction of sp³-hybridized carbons (Fsp3) is 0.846. The van der Waals surface area contributed by atoms with Crippen LogP contribution < -0.4 is 5.73 Å². The summed E-state index contributed by atoms with van der Waals surface area (Å²) in [5, 5.41) is 4.02. The molecule has 0 bridgehead atoms. The van der Waals surface area contributed by atoms with Crippen LogP contribution in [0.2, 0.25) is 0 Å². The molecule has 1 aromatic rings. The predicted molar refractivity (Wildman–Crippen MR) is 77.2 cm³/mol. The molecule has 0 amide bonds. The van der Waals surface area contributed by atoms with Gasteiger partial charge in [0.05, 0.1) is 6.54 Å². The van der Waals surface area contributed by atoms with Crippen LogP contribution in [0.3, 0.4) is 0 Å². The Kier molecular flexibility index (Phi) is 6.23. The second kappa shape index (κ2) is 7.22. The molecule has 1 aliphatic carbocycles. The number of aromatic nitrogens is 2. The van der Waals surface area contributed by atoms with Crippen molar-refractivity contribution in [1.29, 1.82) is 0 Å². The van der Waals surface area contributed by atoms with E-state index < -0.39 is 0 Å². The average molecular weight is 289 g/mol. The molecule has 6 heteroatoms. The molecule has 0 radical (unpaired) electrons. The van der Waals surface area contributed by atoms with Crippen LogP contribution >= 0.6 is 12.4 Å². The summed E-state index contributed by atoms with van der Waals surface area (Å²) in [5.41, 5.74) is 6.17. The molecule has 2 rings (SSSR count). The van der Waals surface area contributed by atoms with E-state index in [1.807, 2.05) is 19.0 Å². The quantitative estimate of drug-likeness (QED) is 0.897. The van der Waals surface area contributed by atoms with Crippen molar-refractivity contribution in [2.45, 2.75) is 45.1 Å². The highest BCUT2D eigenvalue weighted by Gasteiger charge is 2.32. The van der Waals surface area contributed by atoms with Crippen LogP contribution in [0.25, 0.3) is 0 Å². The number of hydrogen-bond donors (Lipinski definition) is 1. The van der Waals surface area contributed by atoms with E-state index in [-0.39, 0.29) is 17.8 Å². The summed E-state index contributed by atoms with van der Waals surface area (Å²) >= 11 is 0. The van der Waals surface area contributed by atoms with Gasteiger partial charge in [0, 0.05) is 6.42 Å². The Morgan fingerprint density at radius 2 is 1.95 bits per heavy atom. The first-order valence-electron chi connectivity index (χ1n) is 6.80. The Morgan fingerprint density at radius 3 is 2.53 bits per heavy atom. The summed E-state index contributed by atoms with van der Waals surface area (Å²) in [6, 6.07) is 0. The fourth-order valence-electron chi connectivity index (χ4n) is 2.78. The molecule has 1 aromatic heterocycles.